The lowest BCUT2D eigenvalue weighted by Crippen LogP contribution is -2.27. The van der Waals surface area contributed by atoms with Gasteiger partial charge in [-0.25, -0.2) is 0 Å². The van der Waals surface area contributed by atoms with E-state index in [9.17, 15) is 10.2 Å². The smallest absolute Gasteiger partial charge is 0.115 e. The average molecular weight is 472 g/mol. The fraction of sp³-hybridized carbons (Fsp3) is 0.375. The van der Waals surface area contributed by atoms with Gasteiger partial charge < -0.3 is 15.1 Å². The first kappa shape index (κ1) is 26.7. The van der Waals surface area contributed by atoms with Gasteiger partial charge in [-0.1, -0.05) is 80.6 Å². The molecule has 3 heteroatoms. The van der Waals surface area contributed by atoms with E-state index in [1.165, 1.54) is 35.2 Å². The largest absolute Gasteiger partial charge is 0.508 e. The lowest BCUT2D eigenvalue weighted by Gasteiger charge is -2.21. The Balaban J connectivity index is 0.00000167. The maximum absolute atomic E-state index is 9.87. The third-order valence-corrected chi connectivity index (χ3v) is 6.79. The third-order valence-electron chi connectivity index (χ3n) is 6.79. The number of rotatable bonds is 8. The molecule has 1 unspecified atom stereocenters. The van der Waals surface area contributed by atoms with Crippen LogP contribution in [0.25, 0.3) is 11.1 Å². The third kappa shape index (κ3) is 6.84. The topological polar surface area (TPSA) is 43.7 Å². The number of aliphatic hydroxyl groups is 1. The van der Waals surface area contributed by atoms with Crippen molar-refractivity contribution in [1.82, 2.24) is 4.90 Å². The van der Waals surface area contributed by atoms with Gasteiger partial charge in [0, 0.05) is 19.2 Å². The number of aromatic hydroxyl groups is 1. The second kappa shape index (κ2) is 13.3. The molecule has 0 aliphatic carbocycles. The second-order valence-electron chi connectivity index (χ2n) is 9.29. The quantitative estimate of drug-likeness (QED) is 0.338. The van der Waals surface area contributed by atoms with Crippen LogP contribution in [-0.4, -0.2) is 40.9 Å². The molecular weight excluding hydrogens is 430 g/mol. The van der Waals surface area contributed by atoms with Gasteiger partial charge in [0.1, 0.15) is 5.75 Å². The summed E-state index contributed by atoms with van der Waals surface area (Å²) < 4.78 is 0. The van der Waals surface area contributed by atoms with E-state index in [4.69, 9.17) is 0 Å². The Morgan fingerprint density at radius 1 is 0.857 bits per heavy atom. The number of hydrogen-bond acceptors (Lipinski definition) is 3. The van der Waals surface area contributed by atoms with Gasteiger partial charge in [-0.15, -0.1) is 0 Å². The van der Waals surface area contributed by atoms with Crippen molar-refractivity contribution in [2.75, 3.05) is 19.7 Å². The molecular formula is C32H41NO2. The van der Waals surface area contributed by atoms with Crippen LogP contribution in [0.4, 0.5) is 0 Å². The molecule has 3 nitrogen and oxygen atoms in total. The van der Waals surface area contributed by atoms with Crippen LogP contribution in [-0.2, 0) is 0 Å². The Hall–Kier alpha value is -2.88. The molecule has 1 aliphatic heterocycles. The van der Waals surface area contributed by atoms with Crippen LogP contribution in [0.3, 0.4) is 0 Å². The van der Waals surface area contributed by atoms with E-state index in [0.29, 0.717) is 18.4 Å². The Kier molecular flexibility index (Phi) is 10.1. The highest BCUT2D eigenvalue weighted by atomic mass is 16.3. The summed E-state index contributed by atoms with van der Waals surface area (Å²) in [5, 5.41) is 19.5. The molecule has 0 saturated carbocycles. The summed E-state index contributed by atoms with van der Waals surface area (Å²) in [5.41, 5.74) is 7.19. The summed E-state index contributed by atoms with van der Waals surface area (Å²) in [4.78, 5) is 2.56. The number of hydrogen-bond donors (Lipinski definition) is 2. The molecule has 0 spiro atoms. The van der Waals surface area contributed by atoms with E-state index < -0.39 is 0 Å². The van der Waals surface area contributed by atoms with Crippen molar-refractivity contribution in [3.05, 3.63) is 101 Å². The number of aliphatic hydroxyl groups excluding tert-OH is 1. The van der Waals surface area contributed by atoms with Crippen LogP contribution in [0, 0.1) is 0 Å². The van der Waals surface area contributed by atoms with Crippen LogP contribution >= 0.6 is 0 Å². The summed E-state index contributed by atoms with van der Waals surface area (Å²) in [6, 6.07) is 27.6. The number of benzene rings is 3. The Morgan fingerprint density at radius 3 is 2.00 bits per heavy atom. The van der Waals surface area contributed by atoms with Gasteiger partial charge in [0.15, 0.2) is 0 Å². The first-order valence-electron chi connectivity index (χ1n) is 13.1. The molecule has 1 saturated heterocycles. The van der Waals surface area contributed by atoms with Crippen molar-refractivity contribution in [2.45, 2.75) is 58.9 Å². The van der Waals surface area contributed by atoms with Gasteiger partial charge in [0.2, 0.25) is 0 Å². The number of likely N-dealkylation sites (tertiary alicyclic amines) is 1. The number of allylic oxidation sites excluding steroid dienone is 1. The molecule has 3 aromatic carbocycles. The first-order valence-corrected chi connectivity index (χ1v) is 13.1. The van der Waals surface area contributed by atoms with Crippen molar-refractivity contribution < 1.29 is 10.2 Å². The summed E-state index contributed by atoms with van der Waals surface area (Å²) in [7, 11) is 0. The highest BCUT2D eigenvalue weighted by Crippen LogP contribution is 2.37. The van der Waals surface area contributed by atoms with E-state index in [0.717, 1.165) is 24.1 Å². The molecule has 1 aliphatic rings. The van der Waals surface area contributed by atoms with Gasteiger partial charge in [0.25, 0.3) is 0 Å². The highest BCUT2D eigenvalue weighted by molar-refractivity contribution is 5.98. The van der Waals surface area contributed by atoms with Crippen molar-refractivity contribution in [3.8, 4) is 5.75 Å². The molecule has 186 valence electrons. The predicted molar refractivity (Wildman–Crippen MR) is 149 cm³/mol. The normalized spacial score (nSPS) is 16.6. The fourth-order valence-electron chi connectivity index (χ4n) is 4.90. The Labute approximate surface area is 211 Å². The van der Waals surface area contributed by atoms with Gasteiger partial charge in [-0.3, -0.25) is 0 Å². The van der Waals surface area contributed by atoms with E-state index in [2.05, 4.69) is 67.3 Å². The maximum atomic E-state index is 9.87. The van der Waals surface area contributed by atoms with E-state index in [-0.39, 0.29) is 12.4 Å². The van der Waals surface area contributed by atoms with Crippen molar-refractivity contribution >= 4 is 11.1 Å². The molecule has 4 rings (SSSR count). The minimum absolute atomic E-state index is 0.159. The van der Waals surface area contributed by atoms with Crippen LogP contribution in [0.5, 0.6) is 5.75 Å². The maximum Gasteiger partial charge on any atom is 0.115 e. The van der Waals surface area contributed by atoms with Crippen molar-refractivity contribution in [2.24, 2.45) is 0 Å². The molecule has 0 amide bonds. The molecule has 0 aromatic heterocycles. The van der Waals surface area contributed by atoms with Crippen LogP contribution in [0.15, 0.2) is 78.9 Å². The van der Waals surface area contributed by atoms with Crippen LogP contribution < -0.4 is 0 Å². The van der Waals surface area contributed by atoms with Gasteiger partial charge in [-0.2, -0.15) is 0 Å². The molecule has 0 bridgehead atoms. The second-order valence-corrected chi connectivity index (χ2v) is 9.29. The standard InChI is InChI=1S/C30H35NO2.C2H6/c1-22(2)31-19-18-27(21-31)23-10-12-25(13-11-23)30(26-14-16-28(33)17-15-26)29(9-6-20-32)24-7-4-3-5-8-24;1-2/h3-5,7-8,10-17,22,27,32-33H,6,9,18-21H2,1-2H3;1-2H3/b30-29+;. The summed E-state index contributed by atoms with van der Waals surface area (Å²) in [6.45, 7) is 11.0. The van der Waals surface area contributed by atoms with Gasteiger partial charge >= 0.3 is 0 Å². The first-order chi connectivity index (χ1) is 17.1. The molecule has 1 atom stereocenters. The zero-order valence-electron chi connectivity index (χ0n) is 21.7. The van der Waals surface area contributed by atoms with Crippen LogP contribution in [0.1, 0.15) is 75.1 Å². The SMILES string of the molecule is CC.CC(C)N1CCC(c2ccc(/C(=C(/CCCO)c3ccccc3)c3ccc(O)cc3)cc2)C1. The van der Waals surface area contributed by atoms with E-state index >= 15 is 0 Å². The lowest BCUT2D eigenvalue weighted by molar-refractivity contribution is 0.272. The average Bonchev–Trinajstić information content (AvgIpc) is 3.40. The molecule has 3 aromatic rings. The van der Waals surface area contributed by atoms with Crippen molar-refractivity contribution in [3.63, 3.8) is 0 Å². The zero-order valence-corrected chi connectivity index (χ0v) is 21.7. The monoisotopic (exact) mass is 471 g/mol. The van der Waals surface area contributed by atoms with Gasteiger partial charge in [0.05, 0.1) is 0 Å². The lowest BCUT2D eigenvalue weighted by atomic mass is 9.86. The van der Waals surface area contributed by atoms with E-state index in [1.54, 1.807) is 12.1 Å². The predicted octanol–water partition coefficient (Wildman–Crippen LogP) is 7.35. The minimum Gasteiger partial charge on any atom is -0.508 e. The number of phenols is 1. The molecule has 1 heterocycles. The Morgan fingerprint density at radius 2 is 1.46 bits per heavy atom. The van der Waals surface area contributed by atoms with Gasteiger partial charge in [-0.05, 0) is 91.1 Å². The summed E-state index contributed by atoms with van der Waals surface area (Å²) >= 11 is 0. The zero-order chi connectivity index (χ0) is 25.2. The number of phenolic OH excluding ortho intramolecular Hbond substituents is 1. The summed E-state index contributed by atoms with van der Waals surface area (Å²) in [6.07, 6.45) is 2.70. The number of nitrogens with zero attached hydrogens (tertiary/aromatic N) is 1. The summed E-state index contributed by atoms with van der Waals surface area (Å²) in [5.74, 6) is 0.853. The minimum atomic E-state index is 0.159. The molecule has 1 fully saturated rings. The van der Waals surface area contributed by atoms with Crippen LogP contribution in [0.2, 0.25) is 0 Å². The molecule has 35 heavy (non-hydrogen) atoms. The molecule has 0 radical (unpaired) electrons. The van der Waals surface area contributed by atoms with Crippen molar-refractivity contribution in [1.29, 1.82) is 0 Å². The fourth-order valence-corrected chi connectivity index (χ4v) is 4.90. The molecule has 2 N–H and O–H groups in total. The highest BCUT2D eigenvalue weighted by Gasteiger charge is 2.25. The van der Waals surface area contributed by atoms with E-state index in [1.807, 2.05) is 32.0 Å². The Bertz CT molecular complexity index is 1050.